The van der Waals surface area contributed by atoms with Crippen LogP contribution in [0.5, 0.6) is 0 Å². The zero-order valence-electron chi connectivity index (χ0n) is 19.1. The molecule has 2 saturated heterocycles. The first-order chi connectivity index (χ1) is 16.1. The molecule has 0 saturated carbocycles. The molecule has 0 N–H and O–H groups in total. The molecule has 0 bridgehead atoms. The van der Waals surface area contributed by atoms with Crippen molar-refractivity contribution in [2.24, 2.45) is 13.0 Å². The Balaban J connectivity index is 1.24. The molecule has 1 aromatic carbocycles. The van der Waals surface area contributed by atoms with E-state index in [0.717, 1.165) is 52.1 Å². The highest BCUT2D eigenvalue weighted by molar-refractivity contribution is 5.80. The van der Waals surface area contributed by atoms with Crippen LogP contribution in [-0.2, 0) is 18.4 Å². The number of rotatable bonds is 4. The number of aryl methyl sites for hydroxylation is 1. The number of carbonyl (C=O) groups is 1. The van der Waals surface area contributed by atoms with E-state index in [4.69, 9.17) is 0 Å². The lowest BCUT2D eigenvalue weighted by Crippen LogP contribution is -2.52. The van der Waals surface area contributed by atoms with Crippen molar-refractivity contribution >= 4 is 22.9 Å². The molecule has 2 aliphatic rings. The molecule has 0 aliphatic carbocycles. The van der Waals surface area contributed by atoms with E-state index in [9.17, 15) is 9.59 Å². The number of anilines is 1. The Morgan fingerprint density at radius 1 is 1.03 bits per heavy atom. The molecule has 2 aliphatic heterocycles. The number of amides is 1. The van der Waals surface area contributed by atoms with Gasteiger partial charge in [0.1, 0.15) is 5.52 Å². The van der Waals surface area contributed by atoms with E-state index < -0.39 is 0 Å². The zero-order valence-corrected chi connectivity index (χ0v) is 19.1. The van der Waals surface area contributed by atoms with Gasteiger partial charge in [-0.2, -0.15) is 0 Å². The fourth-order valence-electron chi connectivity index (χ4n) is 4.95. The number of carbonyl (C=O) groups excluding carboxylic acids is 1. The Bertz CT molecular complexity index is 1190. The molecule has 0 unspecified atom stereocenters. The Hall–Kier alpha value is -3.26. The van der Waals surface area contributed by atoms with Gasteiger partial charge in [0.2, 0.25) is 5.91 Å². The molecule has 5 rings (SSSR count). The van der Waals surface area contributed by atoms with Crippen LogP contribution in [0.25, 0.3) is 11.2 Å². The van der Waals surface area contributed by atoms with Crippen LogP contribution in [0, 0.1) is 5.92 Å². The zero-order chi connectivity index (χ0) is 22.8. The summed E-state index contributed by atoms with van der Waals surface area (Å²) in [6.45, 7) is 5.48. The monoisotopic (exact) mass is 446 g/mol. The van der Waals surface area contributed by atoms with Gasteiger partial charge in [-0.25, -0.2) is 9.97 Å². The molecule has 172 valence electrons. The van der Waals surface area contributed by atoms with Crippen molar-refractivity contribution in [3.63, 3.8) is 0 Å². The van der Waals surface area contributed by atoms with Gasteiger partial charge in [-0.15, -0.1) is 0 Å². The van der Waals surface area contributed by atoms with Gasteiger partial charge in [0.05, 0.1) is 5.92 Å². The van der Waals surface area contributed by atoms with Crippen LogP contribution in [0.1, 0.15) is 18.4 Å². The molecule has 4 heterocycles. The van der Waals surface area contributed by atoms with Crippen LogP contribution in [0.4, 0.5) is 5.82 Å². The first-order valence-electron chi connectivity index (χ1n) is 11.7. The predicted octanol–water partition coefficient (Wildman–Crippen LogP) is 1.89. The molecule has 2 fully saturated rings. The van der Waals surface area contributed by atoms with Crippen LogP contribution in [-0.4, -0.2) is 69.5 Å². The van der Waals surface area contributed by atoms with Crippen LogP contribution in [0.2, 0.25) is 0 Å². The van der Waals surface area contributed by atoms with Crippen molar-refractivity contribution in [3.8, 4) is 0 Å². The van der Waals surface area contributed by atoms with Gasteiger partial charge >= 0.3 is 0 Å². The molecule has 8 nitrogen and oxygen atoms in total. The quantitative estimate of drug-likeness (QED) is 0.609. The fraction of sp³-hybridized carbons (Fsp3) is 0.440. The molecule has 2 aromatic heterocycles. The molecular weight excluding hydrogens is 416 g/mol. The number of hydrogen-bond acceptors (Lipinski definition) is 6. The molecule has 33 heavy (non-hydrogen) atoms. The van der Waals surface area contributed by atoms with Crippen molar-refractivity contribution < 1.29 is 4.79 Å². The van der Waals surface area contributed by atoms with E-state index in [2.05, 4.69) is 39.1 Å². The second-order valence-corrected chi connectivity index (χ2v) is 9.02. The molecule has 0 radical (unpaired) electrons. The Kier molecular flexibility index (Phi) is 6.09. The summed E-state index contributed by atoms with van der Waals surface area (Å²) in [5.41, 5.74) is 2.41. The summed E-state index contributed by atoms with van der Waals surface area (Å²) < 4.78 is 1.55. The highest BCUT2D eigenvalue weighted by Gasteiger charge is 2.32. The minimum Gasteiger partial charge on any atom is -0.351 e. The first-order valence-corrected chi connectivity index (χ1v) is 11.7. The van der Waals surface area contributed by atoms with Crippen LogP contribution < -0.4 is 10.5 Å². The Morgan fingerprint density at radius 3 is 2.61 bits per heavy atom. The van der Waals surface area contributed by atoms with Crippen molar-refractivity contribution in [1.82, 2.24) is 24.3 Å². The first kappa shape index (κ1) is 21.6. The Labute approximate surface area is 193 Å². The van der Waals surface area contributed by atoms with E-state index in [1.165, 1.54) is 5.56 Å². The predicted molar refractivity (Wildman–Crippen MR) is 128 cm³/mol. The van der Waals surface area contributed by atoms with Gasteiger partial charge in [-0.3, -0.25) is 19.1 Å². The van der Waals surface area contributed by atoms with E-state index in [-0.39, 0.29) is 17.4 Å². The highest BCUT2D eigenvalue weighted by atomic mass is 16.2. The largest absolute Gasteiger partial charge is 0.351 e. The lowest BCUT2D eigenvalue weighted by molar-refractivity contribution is -0.137. The van der Waals surface area contributed by atoms with Crippen molar-refractivity contribution in [3.05, 3.63) is 64.6 Å². The lowest BCUT2D eigenvalue weighted by Gasteiger charge is -2.39. The number of piperidine rings is 1. The maximum Gasteiger partial charge on any atom is 0.294 e. The third-order valence-electron chi connectivity index (χ3n) is 6.81. The summed E-state index contributed by atoms with van der Waals surface area (Å²) in [5, 5.41) is 0. The van der Waals surface area contributed by atoms with Crippen LogP contribution >= 0.6 is 0 Å². The number of benzene rings is 1. The summed E-state index contributed by atoms with van der Waals surface area (Å²) in [7, 11) is 1.73. The summed E-state index contributed by atoms with van der Waals surface area (Å²) >= 11 is 0. The third-order valence-corrected chi connectivity index (χ3v) is 6.81. The van der Waals surface area contributed by atoms with Crippen molar-refractivity contribution in [2.45, 2.75) is 19.4 Å². The molecule has 1 amide bonds. The second kappa shape index (κ2) is 9.31. The van der Waals surface area contributed by atoms with Gasteiger partial charge in [-0.1, -0.05) is 30.3 Å². The second-order valence-electron chi connectivity index (χ2n) is 9.02. The van der Waals surface area contributed by atoms with E-state index in [0.29, 0.717) is 23.5 Å². The van der Waals surface area contributed by atoms with Crippen molar-refractivity contribution in [2.75, 3.05) is 44.2 Å². The summed E-state index contributed by atoms with van der Waals surface area (Å²) in [6, 6.07) is 14.2. The van der Waals surface area contributed by atoms with E-state index in [1.54, 1.807) is 17.8 Å². The SMILES string of the molecule is Cn1c(=O)c(N2CCC[C@H](C(=O)N3CCN(Cc4ccccc4)CC3)C2)nc2cccnc21. The number of fused-ring (bicyclic) bond motifs is 1. The van der Waals surface area contributed by atoms with Gasteiger partial charge in [-0.05, 0) is 30.5 Å². The van der Waals surface area contributed by atoms with Gasteiger partial charge < -0.3 is 9.80 Å². The third kappa shape index (κ3) is 4.48. The van der Waals surface area contributed by atoms with Crippen LogP contribution in [0.3, 0.4) is 0 Å². The Morgan fingerprint density at radius 2 is 1.82 bits per heavy atom. The normalized spacial score (nSPS) is 19.7. The molecule has 3 aromatic rings. The van der Waals surface area contributed by atoms with Crippen LogP contribution in [0.15, 0.2) is 53.5 Å². The molecular formula is C25H30N6O2. The minimum atomic E-state index is -0.163. The van der Waals surface area contributed by atoms with Gasteiger partial charge in [0.25, 0.3) is 5.56 Å². The number of hydrogen-bond donors (Lipinski definition) is 0. The average Bonchev–Trinajstić information content (AvgIpc) is 2.87. The minimum absolute atomic E-state index is 0.101. The summed E-state index contributed by atoms with van der Waals surface area (Å²) in [6.07, 6.45) is 3.40. The van der Waals surface area contributed by atoms with E-state index >= 15 is 0 Å². The number of piperazine rings is 1. The van der Waals surface area contributed by atoms with Crippen molar-refractivity contribution in [1.29, 1.82) is 0 Å². The van der Waals surface area contributed by atoms with Gasteiger partial charge in [0, 0.05) is 59.1 Å². The number of nitrogens with zero attached hydrogens (tertiary/aromatic N) is 6. The highest BCUT2D eigenvalue weighted by Crippen LogP contribution is 2.23. The van der Waals surface area contributed by atoms with E-state index in [1.807, 2.05) is 28.0 Å². The maximum atomic E-state index is 13.3. The van der Waals surface area contributed by atoms with Gasteiger partial charge in [0.15, 0.2) is 11.5 Å². The smallest absolute Gasteiger partial charge is 0.294 e. The maximum absolute atomic E-state index is 13.3. The fourth-order valence-corrected chi connectivity index (χ4v) is 4.95. The summed E-state index contributed by atoms with van der Waals surface area (Å²) in [4.78, 5) is 41.6. The number of pyridine rings is 1. The number of aromatic nitrogens is 3. The topological polar surface area (TPSA) is 74.6 Å². The molecule has 1 atom stereocenters. The standard InChI is InChI=1S/C25H30N6O2/c1-28-22-21(10-5-11-26-22)27-23(25(28)33)31-12-6-9-20(18-31)24(32)30-15-13-29(14-16-30)17-19-7-3-2-4-8-19/h2-5,7-8,10-11,20H,6,9,12-18H2,1H3/t20-/m0/s1. The molecule has 0 spiro atoms. The lowest BCUT2D eigenvalue weighted by atomic mass is 9.96. The average molecular weight is 447 g/mol. The summed E-state index contributed by atoms with van der Waals surface area (Å²) in [5.74, 6) is 0.525. The molecule has 8 heteroatoms.